The molecule has 0 bridgehead atoms. The fourth-order valence-electron chi connectivity index (χ4n) is 2.89. The first kappa shape index (κ1) is 18.0. The summed E-state index contributed by atoms with van der Waals surface area (Å²) in [4.78, 5) is 16.2. The lowest BCUT2D eigenvalue weighted by Crippen LogP contribution is -2.05. The maximum Gasteiger partial charge on any atom is 0.158 e. The van der Waals surface area contributed by atoms with Crippen molar-refractivity contribution >= 4 is 38.7 Å². The smallest absolute Gasteiger partial charge is 0.158 e. The minimum atomic E-state index is 0.389. The molecule has 0 spiro atoms. The minimum Gasteiger partial charge on any atom is -0.377 e. The second kappa shape index (κ2) is 8.12. The van der Waals surface area contributed by atoms with Crippen LogP contribution in [-0.2, 0) is 24.3 Å². The van der Waals surface area contributed by atoms with Gasteiger partial charge in [-0.1, -0.05) is 37.3 Å². The molecule has 3 aromatic heterocycles. The summed E-state index contributed by atoms with van der Waals surface area (Å²) in [5, 5.41) is 7.74. The van der Waals surface area contributed by atoms with Gasteiger partial charge in [0.15, 0.2) is 5.82 Å². The quantitative estimate of drug-likeness (QED) is 0.469. The molecule has 3 heterocycles. The Balaban J connectivity index is 1.74. The highest BCUT2D eigenvalue weighted by Gasteiger charge is 2.15. The van der Waals surface area contributed by atoms with E-state index in [0.29, 0.717) is 19.0 Å². The number of rotatable bonds is 7. The lowest BCUT2D eigenvalue weighted by Gasteiger charge is -2.09. The Labute approximate surface area is 166 Å². The van der Waals surface area contributed by atoms with Crippen molar-refractivity contribution in [2.45, 2.75) is 26.5 Å². The number of fused-ring (bicyclic) bond motifs is 1. The van der Waals surface area contributed by atoms with Gasteiger partial charge in [0.05, 0.1) is 11.9 Å². The topological polar surface area (TPSA) is 59.9 Å². The third kappa shape index (κ3) is 3.85. The van der Waals surface area contributed by atoms with Crippen LogP contribution in [0.1, 0.15) is 22.6 Å². The summed E-state index contributed by atoms with van der Waals surface area (Å²) in [6.45, 7) is 3.18. The zero-order valence-electron chi connectivity index (χ0n) is 15.2. The van der Waals surface area contributed by atoms with Crippen LogP contribution in [0.5, 0.6) is 0 Å². The molecule has 5 nitrogen and oxygen atoms in total. The molecular weight excluding hydrogens is 376 g/mol. The van der Waals surface area contributed by atoms with Crippen molar-refractivity contribution in [1.82, 2.24) is 15.0 Å². The average molecular weight is 397 g/mol. The highest BCUT2D eigenvalue weighted by Crippen LogP contribution is 2.37. The molecule has 0 aliphatic heterocycles. The standard InChI is InChI=1S/C20H20N4OS2/c1-3-14-9-21-17(27-14)10-22-19-18-15(13-7-5-4-6-8-13)12-26-20(18)24-16(23-19)11-25-2/h4-9,12H,3,10-11H2,1-2H3,(H,22,23,24). The van der Waals surface area contributed by atoms with Crippen LogP contribution in [0.4, 0.5) is 5.82 Å². The van der Waals surface area contributed by atoms with E-state index in [1.165, 1.54) is 4.88 Å². The molecule has 0 amide bonds. The van der Waals surface area contributed by atoms with Crippen molar-refractivity contribution in [2.75, 3.05) is 12.4 Å². The van der Waals surface area contributed by atoms with Gasteiger partial charge in [0, 0.05) is 29.1 Å². The Morgan fingerprint density at radius 2 is 2.00 bits per heavy atom. The van der Waals surface area contributed by atoms with Gasteiger partial charge in [-0.2, -0.15) is 0 Å². The molecule has 0 radical (unpaired) electrons. The van der Waals surface area contributed by atoms with Gasteiger partial charge in [-0.3, -0.25) is 0 Å². The Morgan fingerprint density at radius 1 is 1.15 bits per heavy atom. The van der Waals surface area contributed by atoms with Crippen molar-refractivity contribution in [3.63, 3.8) is 0 Å². The summed E-state index contributed by atoms with van der Waals surface area (Å²) in [7, 11) is 1.66. The largest absolute Gasteiger partial charge is 0.377 e. The number of methoxy groups -OCH3 is 1. The molecule has 4 rings (SSSR count). The van der Waals surface area contributed by atoms with Gasteiger partial charge in [-0.05, 0) is 12.0 Å². The van der Waals surface area contributed by atoms with Gasteiger partial charge >= 0.3 is 0 Å². The molecule has 7 heteroatoms. The molecule has 27 heavy (non-hydrogen) atoms. The number of hydrogen-bond donors (Lipinski definition) is 1. The Hall–Kier alpha value is -2.35. The predicted molar refractivity (Wildman–Crippen MR) is 112 cm³/mol. The van der Waals surface area contributed by atoms with Crippen LogP contribution in [0, 0.1) is 0 Å². The maximum atomic E-state index is 5.25. The molecule has 0 atom stereocenters. The Bertz CT molecular complexity index is 1040. The summed E-state index contributed by atoms with van der Waals surface area (Å²) in [5.74, 6) is 1.52. The Morgan fingerprint density at radius 3 is 2.74 bits per heavy atom. The van der Waals surface area contributed by atoms with Crippen LogP contribution in [0.2, 0.25) is 0 Å². The summed E-state index contributed by atoms with van der Waals surface area (Å²) in [6.07, 6.45) is 2.96. The zero-order chi connectivity index (χ0) is 18.6. The van der Waals surface area contributed by atoms with Crippen molar-refractivity contribution in [2.24, 2.45) is 0 Å². The number of nitrogens with zero attached hydrogens (tertiary/aromatic N) is 3. The number of thiazole rings is 1. The van der Waals surface area contributed by atoms with Gasteiger partial charge in [0.1, 0.15) is 22.3 Å². The minimum absolute atomic E-state index is 0.389. The highest BCUT2D eigenvalue weighted by molar-refractivity contribution is 7.17. The van der Waals surface area contributed by atoms with Crippen molar-refractivity contribution in [3.8, 4) is 11.1 Å². The second-order valence-electron chi connectivity index (χ2n) is 6.04. The van der Waals surface area contributed by atoms with Crippen LogP contribution >= 0.6 is 22.7 Å². The number of anilines is 1. The van der Waals surface area contributed by atoms with Crippen LogP contribution in [-0.4, -0.2) is 22.1 Å². The molecule has 1 aromatic carbocycles. The molecule has 0 aliphatic carbocycles. The van der Waals surface area contributed by atoms with E-state index < -0.39 is 0 Å². The van der Waals surface area contributed by atoms with Gasteiger partial charge in [0.2, 0.25) is 0 Å². The van der Waals surface area contributed by atoms with E-state index in [0.717, 1.165) is 38.6 Å². The number of ether oxygens (including phenoxy) is 1. The van der Waals surface area contributed by atoms with E-state index in [2.05, 4.69) is 39.7 Å². The number of hydrogen-bond acceptors (Lipinski definition) is 7. The molecule has 138 valence electrons. The van der Waals surface area contributed by atoms with Crippen molar-refractivity contribution in [1.29, 1.82) is 0 Å². The number of aryl methyl sites for hydroxylation is 1. The highest BCUT2D eigenvalue weighted by atomic mass is 32.1. The molecule has 0 saturated carbocycles. The van der Waals surface area contributed by atoms with Gasteiger partial charge < -0.3 is 10.1 Å². The molecule has 0 fully saturated rings. The molecular formula is C20H20N4OS2. The van der Waals surface area contributed by atoms with E-state index >= 15 is 0 Å². The van der Waals surface area contributed by atoms with E-state index in [1.54, 1.807) is 29.8 Å². The second-order valence-corrected chi connectivity index (χ2v) is 8.10. The molecule has 0 saturated heterocycles. The first-order chi connectivity index (χ1) is 13.3. The summed E-state index contributed by atoms with van der Waals surface area (Å²) in [6, 6.07) is 10.4. The molecule has 0 aliphatic rings. The first-order valence-electron chi connectivity index (χ1n) is 8.78. The lowest BCUT2D eigenvalue weighted by atomic mass is 10.1. The van der Waals surface area contributed by atoms with Crippen LogP contribution in [0.15, 0.2) is 41.9 Å². The number of benzene rings is 1. The fourth-order valence-corrected chi connectivity index (χ4v) is 4.66. The predicted octanol–water partition coefficient (Wildman–Crippen LogP) is 5.14. The lowest BCUT2D eigenvalue weighted by molar-refractivity contribution is 0.178. The molecule has 1 N–H and O–H groups in total. The maximum absolute atomic E-state index is 5.25. The number of nitrogens with one attached hydrogen (secondary N) is 1. The summed E-state index contributed by atoms with van der Waals surface area (Å²) >= 11 is 3.37. The third-order valence-electron chi connectivity index (χ3n) is 4.20. The molecule has 0 unspecified atom stereocenters. The van der Waals surface area contributed by atoms with Crippen molar-refractivity contribution in [3.05, 3.63) is 57.6 Å². The van der Waals surface area contributed by atoms with E-state index in [-0.39, 0.29) is 0 Å². The normalized spacial score (nSPS) is 11.2. The molecule has 4 aromatic rings. The third-order valence-corrected chi connectivity index (χ3v) is 6.21. The number of thiophene rings is 1. The van der Waals surface area contributed by atoms with Gasteiger partial charge in [-0.25, -0.2) is 15.0 Å². The number of aromatic nitrogens is 3. The van der Waals surface area contributed by atoms with E-state index in [9.17, 15) is 0 Å². The fraction of sp³-hybridized carbons (Fsp3) is 0.250. The monoisotopic (exact) mass is 396 g/mol. The van der Waals surface area contributed by atoms with Gasteiger partial charge in [0.25, 0.3) is 0 Å². The van der Waals surface area contributed by atoms with Crippen LogP contribution in [0.3, 0.4) is 0 Å². The summed E-state index contributed by atoms with van der Waals surface area (Å²) < 4.78 is 5.25. The van der Waals surface area contributed by atoms with Crippen LogP contribution < -0.4 is 5.32 Å². The average Bonchev–Trinajstić information content (AvgIpc) is 3.34. The van der Waals surface area contributed by atoms with E-state index in [4.69, 9.17) is 9.72 Å². The zero-order valence-corrected chi connectivity index (χ0v) is 16.9. The van der Waals surface area contributed by atoms with E-state index in [1.807, 2.05) is 24.4 Å². The van der Waals surface area contributed by atoms with Gasteiger partial charge in [-0.15, -0.1) is 22.7 Å². The first-order valence-corrected chi connectivity index (χ1v) is 10.5. The van der Waals surface area contributed by atoms with Crippen molar-refractivity contribution < 1.29 is 4.74 Å². The van der Waals surface area contributed by atoms with Crippen LogP contribution in [0.25, 0.3) is 21.3 Å². The summed E-state index contributed by atoms with van der Waals surface area (Å²) in [5.41, 5.74) is 2.31. The SMILES string of the molecule is CCc1cnc(CNc2nc(COC)nc3scc(-c4ccccc4)c23)s1. The Kier molecular flexibility index (Phi) is 5.42.